The van der Waals surface area contributed by atoms with Crippen LogP contribution in [0.3, 0.4) is 0 Å². The largest absolute Gasteiger partial charge is 0.337 e. The molecule has 6 heteroatoms. The predicted octanol–water partition coefficient (Wildman–Crippen LogP) is 2.53. The Morgan fingerprint density at radius 2 is 1.22 bits per heavy atom. The molecule has 0 N–H and O–H groups in total. The van der Waals surface area contributed by atoms with Gasteiger partial charge in [0.25, 0.3) is 0 Å². The van der Waals surface area contributed by atoms with Crippen LogP contribution in [-0.2, 0) is 0 Å². The minimum atomic E-state index is 0.706. The van der Waals surface area contributed by atoms with Crippen molar-refractivity contribution in [3.05, 3.63) is 23.3 Å². The van der Waals surface area contributed by atoms with Crippen molar-refractivity contribution in [3.63, 3.8) is 0 Å². The van der Waals surface area contributed by atoms with Gasteiger partial charge < -0.3 is 9.05 Å². The van der Waals surface area contributed by atoms with Crippen LogP contribution in [0.1, 0.15) is 11.1 Å². The lowest BCUT2D eigenvalue weighted by atomic mass is 10.0. The zero-order valence-corrected chi connectivity index (χ0v) is 9.76. The maximum atomic E-state index is 5.17. The van der Waals surface area contributed by atoms with Crippen LogP contribution in [0.5, 0.6) is 0 Å². The maximum absolute atomic E-state index is 5.17. The van der Waals surface area contributed by atoms with Gasteiger partial charge in [0, 0.05) is 21.3 Å². The van der Waals surface area contributed by atoms with Crippen molar-refractivity contribution in [1.82, 2.24) is 20.7 Å². The minimum Gasteiger partial charge on any atom is -0.337 e. The summed E-state index contributed by atoms with van der Waals surface area (Å²) in [7, 11) is 0. The smallest absolute Gasteiger partial charge is 0.191 e. The average Bonchev–Trinajstić information content (AvgIpc) is 2.98. The summed E-state index contributed by atoms with van der Waals surface area (Å²) >= 11 is 0. The highest BCUT2D eigenvalue weighted by Crippen LogP contribution is 2.32. The zero-order valence-electron chi connectivity index (χ0n) is 9.76. The van der Waals surface area contributed by atoms with Crippen LogP contribution in [0.15, 0.2) is 21.2 Å². The van der Waals surface area contributed by atoms with E-state index in [1.807, 2.05) is 26.0 Å². The van der Waals surface area contributed by atoms with E-state index in [0.717, 1.165) is 32.9 Å². The van der Waals surface area contributed by atoms with Gasteiger partial charge in [0.2, 0.25) is 0 Å². The van der Waals surface area contributed by atoms with Crippen LogP contribution in [0.25, 0.3) is 33.0 Å². The van der Waals surface area contributed by atoms with E-state index >= 15 is 0 Å². The number of aromatic nitrogens is 4. The van der Waals surface area contributed by atoms with E-state index < -0.39 is 0 Å². The second-order valence-electron chi connectivity index (χ2n) is 4.38. The first-order valence-corrected chi connectivity index (χ1v) is 5.53. The first-order valence-electron chi connectivity index (χ1n) is 5.53. The molecule has 4 aromatic rings. The average molecular weight is 240 g/mol. The second kappa shape index (κ2) is 3.04. The lowest BCUT2D eigenvalue weighted by molar-refractivity contribution is 0.423. The van der Waals surface area contributed by atoms with E-state index in [1.165, 1.54) is 0 Å². The Hall–Kier alpha value is -2.50. The standard InChI is InChI=1S/C12H8N4O2/c1-5-3-7-8(9-11(5)17-15-13-9)4-6(2)12-10(7)14-16-18-12/h3-4H,1-2H3. The predicted molar refractivity (Wildman–Crippen MR) is 64.1 cm³/mol. The van der Waals surface area contributed by atoms with E-state index in [1.54, 1.807) is 0 Å². The van der Waals surface area contributed by atoms with Crippen molar-refractivity contribution in [2.24, 2.45) is 0 Å². The number of rotatable bonds is 0. The molecule has 0 aliphatic rings. The minimum absolute atomic E-state index is 0.706. The van der Waals surface area contributed by atoms with Crippen LogP contribution in [0.4, 0.5) is 0 Å². The van der Waals surface area contributed by atoms with Gasteiger partial charge in [-0.05, 0) is 37.1 Å². The van der Waals surface area contributed by atoms with Gasteiger partial charge in [0.15, 0.2) is 11.2 Å². The van der Waals surface area contributed by atoms with Gasteiger partial charge >= 0.3 is 0 Å². The lowest BCUT2D eigenvalue weighted by Crippen LogP contribution is -1.84. The van der Waals surface area contributed by atoms with E-state index in [0.29, 0.717) is 11.2 Å². The molecule has 18 heavy (non-hydrogen) atoms. The fourth-order valence-corrected chi connectivity index (χ4v) is 2.36. The molecule has 0 aliphatic heterocycles. The van der Waals surface area contributed by atoms with Crippen LogP contribution in [0.2, 0.25) is 0 Å². The molecule has 0 unspecified atom stereocenters. The van der Waals surface area contributed by atoms with Crippen LogP contribution < -0.4 is 0 Å². The van der Waals surface area contributed by atoms with Gasteiger partial charge in [-0.3, -0.25) is 0 Å². The van der Waals surface area contributed by atoms with E-state index in [-0.39, 0.29) is 0 Å². The molecule has 0 atom stereocenters. The van der Waals surface area contributed by atoms with Crippen molar-refractivity contribution in [2.75, 3.05) is 0 Å². The topological polar surface area (TPSA) is 77.8 Å². The van der Waals surface area contributed by atoms with Crippen LogP contribution in [-0.4, -0.2) is 20.7 Å². The molecule has 0 saturated carbocycles. The SMILES string of the molecule is Cc1cc2c(cc(C)c3onnc32)c2nnoc12. The Labute approximate surface area is 101 Å². The number of hydrogen-bond donors (Lipinski definition) is 0. The Bertz CT molecular complexity index is 831. The Balaban J connectivity index is 2.40. The van der Waals surface area contributed by atoms with Crippen LogP contribution >= 0.6 is 0 Å². The molecule has 0 amide bonds. The molecule has 0 fully saturated rings. The zero-order chi connectivity index (χ0) is 12.3. The van der Waals surface area contributed by atoms with E-state index in [4.69, 9.17) is 9.05 Å². The van der Waals surface area contributed by atoms with Crippen molar-refractivity contribution < 1.29 is 9.05 Å². The molecule has 0 saturated heterocycles. The summed E-state index contributed by atoms with van der Waals surface area (Å²) in [5, 5.41) is 17.3. The molecule has 88 valence electrons. The van der Waals surface area contributed by atoms with Crippen molar-refractivity contribution in [1.29, 1.82) is 0 Å². The number of fused-ring (bicyclic) bond motifs is 5. The maximum Gasteiger partial charge on any atom is 0.191 e. The third-order valence-electron chi connectivity index (χ3n) is 3.21. The van der Waals surface area contributed by atoms with Crippen molar-refractivity contribution >= 4 is 33.0 Å². The summed E-state index contributed by atoms with van der Waals surface area (Å²) < 4.78 is 10.3. The highest BCUT2D eigenvalue weighted by Gasteiger charge is 2.16. The third kappa shape index (κ3) is 1.02. The number of hydrogen-bond acceptors (Lipinski definition) is 6. The first kappa shape index (κ1) is 9.52. The normalized spacial score (nSPS) is 11.9. The van der Waals surface area contributed by atoms with Gasteiger partial charge in [-0.2, -0.15) is 0 Å². The van der Waals surface area contributed by atoms with E-state index in [9.17, 15) is 0 Å². The highest BCUT2D eigenvalue weighted by atomic mass is 16.5. The summed E-state index contributed by atoms with van der Waals surface area (Å²) in [6, 6.07) is 3.99. The van der Waals surface area contributed by atoms with Gasteiger partial charge in [-0.15, -0.1) is 10.2 Å². The van der Waals surface area contributed by atoms with Gasteiger partial charge in [0.1, 0.15) is 11.0 Å². The number of benzene rings is 2. The molecule has 0 radical (unpaired) electrons. The number of nitrogens with zero attached hydrogens (tertiary/aromatic N) is 4. The molecular weight excluding hydrogens is 232 g/mol. The summed E-state index contributed by atoms with van der Waals surface area (Å²) in [6.45, 7) is 3.90. The Morgan fingerprint density at radius 3 is 1.67 bits per heavy atom. The molecular formula is C12H8N4O2. The lowest BCUT2D eigenvalue weighted by Gasteiger charge is -2.02. The highest BCUT2D eigenvalue weighted by molar-refractivity contribution is 6.14. The molecule has 0 aliphatic carbocycles. The van der Waals surface area contributed by atoms with Gasteiger partial charge in [-0.25, -0.2) is 0 Å². The summed E-state index contributed by atoms with van der Waals surface area (Å²) in [6.07, 6.45) is 0. The molecule has 2 aromatic heterocycles. The molecule has 4 rings (SSSR count). The van der Waals surface area contributed by atoms with Gasteiger partial charge in [-0.1, -0.05) is 0 Å². The van der Waals surface area contributed by atoms with Gasteiger partial charge in [0.05, 0.1) is 0 Å². The fourth-order valence-electron chi connectivity index (χ4n) is 2.36. The Kier molecular flexibility index (Phi) is 1.61. The van der Waals surface area contributed by atoms with Crippen molar-refractivity contribution in [3.8, 4) is 0 Å². The quantitative estimate of drug-likeness (QED) is 0.470. The van der Waals surface area contributed by atoms with E-state index in [2.05, 4.69) is 20.7 Å². The molecule has 2 aromatic carbocycles. The summed E-state index contributed by atoms with van der Waals surface area (Å²) in [5.41, 5.74) is 4.85. The summed E-state index contributed by atoms with van der Waals surface area (Å²) in [4.78, 5) is 0. The number of aryl methyl sites for hydroxylation is 2. The fraction of sp³-hybridized carbons (Fsp3) is 0.167. The third-order valence-corrected chi connectivity index (χ3v) is 3.21. The summed E-state index contributed by atoms with van der Waals surface area (Å²) in [5.74, 6) is 0. The second-order valence-corrected chi connectivity index (χ2v) is 4.38. The first-order chi connectivity index (χ1) is 8.75. The molecule has 2 heterocycles. The van der Waals surface area contributed by atoms with Crippen LogP contribution in [0, 0.1) is 13.8 Å². The molecule has 0 bridgehead atoms. The monoisotopic (exact) mass is 240 g/mol. The molecule has 6 nitrogen and oxygen atoms in total. The molecule has 0 spiro atoms. The Morgan fingerprint density at radius 1 is 0.778 bits per heavy atom. The van der Waals surface area contributed by atoms with Crippen molar-refractivity contribution in [2.45, 2.75) is 13.8 Å².